The fraction of sp³-hybridized carbons (Fsp3) is 1.00. The summed E-state index contributed by atoms with van der Waals surface area (Å²) in [6, 6.07) is 0. The zero-order valence-corrected chi connectivity index (χ0v) is 8.24. The fourth-order valence-corrected chi connectivity index (χ4v) is 2.89. The molecule has 1 N–H and O–H groups in total. The smallest absolute Gasteiger partial charge is 0.0519 e. The van der Waals surface area contributed by atoms with Gasteiger partial charge in [-0.3, -0.25) is 0 Å². The zero-order chi connectivity index (χ0) is 9.10. The predicted octanol–water partition coefficient (Wildman–Crippen LogP) is 1.82. The van der Waals surface area contributed by atoms with E-state index in [1.165, 1.54) is 25.7 Å². The summed E-state index contributed by atoms with van der Waals surface area (Å²) >= 11 is 0. The molecule has 0 bridgehead atoms. The molecule has 1 atom stereocenters. The van der Waals surface area contributed by atoms with Crippen molar-refractivity contribution in [1.29, 1.82) is 0 Å². The van der Waals surface area contributed by atoms with Gasteiger partial charge in [-0.15, -0.1) is 0 Å². The molecule has 1 heterocycles. The molecular weight excluding hydrogens is 164 g/mol. The Morgan fingerprint density at radius 2 is 1.85 bits per heavy atom. The SMILES string of the molecule is OCCC(C1CCCC1)C1COC1. The van der Waals surface area contributed by atoms with Gasteiger partial charge in [-0.2, -0.15) is 0 Å². The van der Waals surface area contributed by atoms with Gasteiger partial charge in [0.15, 0.2) is 0 Å². The van der Waals surface area contributed by atoms with Crippen LogP contribution < -0.4 is 0 Å². The molecule has 2 nitrogen and oxygen atoms in total. The molecule has 0 aromatic carbocycles. The Hall–Kier alpha value is -0.0800. The molecule has 0 aromatic heterocycles. The van der Waals surface area contributed by atoms with E-state index in [4.69, 9.17) is 9.84 Å². The van der Waals surface area contributed by atoms with Crippen LogP contribution in [0.4, 0.5) is 0 Å². The maximum absolute atomic E-state index is 9.02. The minimum Gasteiger partial charge on any atom is -0.396 e. The standard InChI is InChI=1S/C11H20O2/c12-6-5-11(10-7-13-8-10)9-3-1-2-4-9/h9-12H,1-8H2. The van der Waals surface area contributed by atoms with Gasteiger partial charge >= 0.3 is 0 Å². The van der Waals surface area contributed by atoms with Crippen LogP contribution in [0, 0.1) is 17.8 Å². The summed E-state index contributed by atoms with van der Waals surface area (Å²) in [6.45, 7) is 2.25. The highest BCUT2D eigenvalue weighted by Gasteiger charge is 2.34. The lowest BCUT2D eigenvalue weighted by atomic mass is 9.77. The summed E-state index contributed by atoms with van der Waals surface area (Å²) in [5.41, 5.74) is 0. The minimum atomic E-state index is 0.359. The molecular formula is C11H20O2. The molecule has 13 heavy (non-hydrogen) atoms. The molecule has 1 aliphatic heterocycles. The van der Waals surface area contributed by atoms with Gasteiger partial charge < -0.3 is 9.84 Å². The summed E-state index contributed by atoms with van der Waals surface area (Å²) in [5, 5.41) is 9.02. The summed E-state index contributed by atoms with van der Waals surface area (Å²) in [6.07, 6.45) is 6.58. The second-order valence-electron chi connectivity index (χ2n) is 4.52. The van der Waals surface area contributed by atoms with Crippen LogP contribution in [0.5, 0.6) is 0 Å². The van der Waals surface area contributed by atoms with E-state index in [9.17, 15) is 0 Å². The highest BCUT2D eigenvalue weighted by atomic mass is 16.5. The van der Waals surface area contributed by atoms with Crippen molar-refractivity contribution in [3.8, 4) is 0 Å². The number of hydrogen-bond acceptors (Lipinski definition) is 2. The second kappa shape index (κ2) is 4.43. The van der Waals surface area contributed by atoms with Crippen molar-refractivity contribution >= 4 is 0 Å². The van der Waals surface area contributed by atoms with Crippen LogP contribution in [-0.2, 0) is 4.74 Å². The maximum atomic E-state index is 9.02. The van der Waals surface area contributed by atoms with Gasteiger partial charge in [0.25, 0.3) is 0 Å². The largest absolute Gasteiger partial charge is 0.396 e. The summed E-state index contributed by atoms with van der Waals surface area (Å²) in [5.74, 6) is 2.40. The summed E-state index contributed by atoms with van der Waals surface area (Å²) in [4.78, 5) is 0. The van der Waals surface area contributed by atoms with Crippen molar-refractivity contribution in [1.82, 2.24) is 0 Å². The van der Waals surface area contributed by atoms with Gasteiger partial charge in [0.2, 0.25) is 0 Å². The third-order valence-corrected chi connectivity index (χ3v) is 3.74. The van der Waals surface area contributed by atoms with E-state index in [1.807, 2.05) is 0 Å². The van der Waals surface area contributed by atoms with Crippen LogP contribution in [0.15, 0.2) is 0 Å². The molecule has 1 saturated heterocycles. The predicted molar refractivity (Wildman–Crippen MR) is 51.5 cm³/mol. The molecule has 2 heteroatoms. The summed E-state index contributed by atoms with van der Waals surface area (Å²) in [7, 11) is 0. The Labute approximate surface area is 80.3 Å². The van der Waals surface area contributed by atoms with E-state index in [0.29, 0.717) is 6.61 Å². The van der Waals surface area contributed by atoms with E-state index in [0.717, 1.165) is 37.4 Å². The van der Waals surface area contributed by atoms with E-state index in [2.05, 4.69) is 0 Å². The maximum Gasteiger partial charge on any atom is 0.0519 e. The van der Waals surface area contributed by atoms with Gasteiger partial charge in [0, 0.05) is 12.5 Å². The molecule has 1 aliphatic carbocycles. The van der Waals surface area contributed by atoms with Gasteiger partial charge in [0.1, 0.15) is 0 Å². The van der Waals surface area contributed by atoms with Crippen molar-refractivity contribution in [2.24, 2.45) is 17.8 Å². The number of aliphatic hydroxyl groups excluding tert-OH is 1. The van der Waals surface area contributed by atoms with Crippen LogP contribution >= 0.6 is 0 Å². The van der Waals surface area contributed by atoms with Gasteiger partial charge in [-0.05, 0) is 18.3 Å². The van der Waals surface area contributed by atoms with Crippen molar-refractivity contribution < 1.29 is 9.84 Å². The van der Waals surface area contributed by atoms with Gasteiger partial charge in [-0.25, -0.2) is 0 Å². The minimum absolute atomic E-state index is 0.359. The van der Waals surface area contributed by atoms with Gasteiger partial charge in [-0.1, -0.05) is 25.7 Å². The van der Waals surface area contributed by atoms with E-state index in [-0.39, 0.29) is 0 Å². The monoisotopic (exact) mass is 184 g/mol. The molecule has 0 spiro atoms. The van der Waals surface area contributed by atoms with Crippen LogP contribution in [0.1, 0.15) is 32.1 Å². The first-order valence-corrected chi connectivity index (χ1v) is 5.60. The number of ether oxygens (including phenoxy) is 1. The van der Waals surface area contributed by atoms with Crippen LogP contribution in [-0.4, -0.2) is 24.9 Å². The number of aliphatic hydroxyl groups is 1. The molecule has 0 radical (unpaired) electrons. The number of hydrogen-bond donors (Lipinski definition) is 1. The Balaban J connectivity index is 1.86. The molecule has 2 aliphatic rings. The summed E-state index contributed by atoms with van der Waals surface area (Å²) < 4.78 is 5.24. The first-order valence-electron chi connectivity index (χ1n) is 5.60. The fourth-order valence-electron chi connectivity index (χ4n) is 2.89. The highest BCUT2D eigenvalue weighted by molar-refractivity contribution is 4.83. The lowest BCUT2D eigenvalue weighted by molar-refractivity contribution is -0.0772. The molecule has 1 unspecified atom stereocenters. The molecule has 2 rings (SSSR count). The first-order chi connectivity index (χ1) is 6.42. The Bertz CT molecular complexity index is 148. The normalized spacial score (nSPS) is 27.5. The highest BCUT2D eigenvalue weighted by Crippen LogP contribution is 2.39. The lowest BCUT2D eigenvalue weighted by Crippen LogP contribution is -2.37. The van der Waals surface area contributed by atoms with Crippen molar-refractivity contribution in [3.05, 3.63) is 0 Å². The number of rotatable bonds is 4. The van der Waals surface area contributed by atoms with E-state index < -0.39 is 0 Å². The van der Waals surface area contributed by atoms with Crippen LogP contribution in [0.25, 0.3) is 0 Å². The topological polar surface area (TPSA) is 29.5 Å². The molecule has 1 saturated carbocycles. The molecule has 0 amide bonds. The van der Waals surface area contributed by atoms with Crippen LogP contribution in [0.2, 0.25) is 0 Å². The Morgan fingerprint density at radius 1 is 1.15 bits per heavy atom. The Kier molecular flexibility index (Phi) is 3.23. The van der Waals surface area contributed by atoms with Crippen molar-refractivity contribution in [2.75, 3.05) is 19.8 Å². The average molecular weight is 184 g/mol. The second-order valence-corrected chi connectivity index (χ2v) is 4.52. The molecule has 2 fully saturated rings. The third-order valence-electron chi connectivity index (χ3n) is 3.74. The Morgan fingerprint density at radius 3 is 2.31 bits per heavy atom. The van der Waals surface area contributed by atoms with Crippen molar-refractivity contribution in [3.63, 3.8) is 0 Å². The quantitative estimate of drug-likeness (QED) is 0.722. The van der Waals surface area contributed by atoms with E-state index >= 15 is 0 Å². The zero-order valence-electron chi connectivity index (χ0n) is 8.24. The molecule has 76 valence electrons. The lowest BCUT2D eigenvalue weighted by Gasteiger charge is -2.37. The third kappa shape index (κ3) is 2.05. The van der Waals surface area contributed by atoms with Gasteiger partial charge in [0.05, 0.1) is 13.2 Å². The molecule has 0 aromatic rings. The van der Waals surface area contributed by atoms with E-state index in [1.54, 1.807) is 0 Å². The average Bonchev–Trinajstić information content (AvgIpc) is 2.51. The van der Waals surface area contributed by atoms with Crippen molar-refractivity contribution in [2.45, 2.75) is 32.1 Å². The van der Waals surface area contributed by atoms with Crippen LogP contribution in [0.3, 0.4) is 0 Å². The first kappa shape index (κ1) is 9.47.